The minimum atomic E-state index is -3.32. The molecule has 1 aromatic carbocycles. The maximum atomic E-state index is 12.5. The molecule has 0 aromatic heterocycles. The van der Waals surface area contributed by atoms with Gasteiger partial charge in [-0.25, -0.2) is 13.2 Å². The second-order valence-electron chi connectivity index (χ2n) is 5.39. The quantitative estimate of drug-likeness (QED) is 0.845. The Morgan fingerprint density at radius 2 is 1.90 bits per heavy atom. The predicted octanol–water partition coefficient (Wildman–Crippen LogP) is 2.81. The zero-order chi connectivity index (χ0) is 15.4. The van der Waals surface area contributed by atoms with Crippen molar-refractivity contribution in [2.24, 2.45) is 0 Å². The zero-order valence-corrected chi connectivity index (χ0v) is 14.3. The molecule has 2 heterocycles. The molecule has 1 saturated heterocycles. The fourth-order valence-corrected chi connectivity index (χ4v) is 9.02. The Balaban J connectivity index is 2.40. The average Bonchev–Trinajstić information content (AvgIpc) is 2.86. The van der Waals surface area contributed by atoms with E-state index in [9.17, 15) is 18.3 Å². The molecule has 4 nitrogen and oxygen atoms in total. The van der Waals surface area contributed by atoms with Crippen LogP contribution in [0.1, 0.15) is 33.5 Å². The number of thioether (sulfide) groups is 2. The summed E-state index contributed by atoms with van der Waals surface area (Å²) in [5.74, 6) is 1.09. The van der Waals surface area contributed by atoms with E-state index in [1.165, 1.54) is 6.07 Å². The number of hydrogen-bond acceptors (Lipinski definition) is 5. The molecule has 0 bridgehead atoms. The molecule has 1 spiro atoms. The van der Waals surface area contributed by atoms with E-state index in [1.807, 2.05) is 0 Å². The molecule has 2 aliphatic heterocycles. The second-order valence-corrected chi connectivity index (χ2v) is 10.5. The maximum Gasteiger partial charge on any atom is 0.335 e. The standard InChI is InChI=1S/C14H16O4S3/c1-8-7-10(13(15)16)9(2)11-12(8)21(17,18)6-3-14(11)19-4-5-20-14/h7H,3-6H2,1-2H3,(H,15,16). The first-order chi connectivity index (χ1) is 9.78. The molecular formula is C14H16O4S3. The number of benzene rings is 1. The van der Waals surface area contributed by atoms with Gasteiger partial charge in [0.25, 0.3) is 0 Å². The van der Waals surface area contributed by atoms with Crippen LogP contribution in [0.4, 0.5) is 0 Å². The van der Waals surface area contributed by atoms with Crippen molar-refractivity contribution in [1.82, 2.24) is 0 Å². The first-order valence-corrected chi connectivity index (χ1v) is 10.3. The van der Waals surface area contributed by atoms with Gasteiger partial charge in [-0.05, 0) is 37.5 Å². The molecule has 0 saturated carbocycles. The van der Waals surface area contributed by atoms with Crippen molar-refractivity contribution >= 4 is 39.3 Å². The van der Waals surface area contributed by atoms with Crippen LogP contribution in [0.25, 0.3) is 0 Å². The first kappa shape index (κ1) is 15.2. The summed E-state index contributed by atoms with van der Waals surface area (Å²) in [6.45, 7) is 3.44. The monoisotopic (exact) mass is 344 g/mol. The summed E-state index contributed by atoms with van der Waals surface area (Å²) in [7, 11) is -3.32. The van der Waals surface area contributed by atoms with Crippen molar-refractivity contribution in [2.75, 3.05) is 17.3 Å². The molecule has 2 aliphatic rings. The Morgan fingerprint density at radius 3 is 2.48 bits per heavy atom. The molecule has 0 amide bonds. The van der Waals surface area contributed by atoms with Gasteiger partial charge in [-0.15, -0.1) is 23.5 Å². The third kappa shape index (κ3) is 2.21. The summed E-state index contributed by atoms with van der Waals surface area (Å²) in [6, 6.07) is 1.50. The molecule has 7 heteroatoms. The molecule has 3 rings (SSSR count). The van der Waals surface area contributed by atoms with E-state index in [2.05, 4.69) is 0 Å². The van der Waals surface area contributed by atoms with Gasteiger partial charge in [-0.1, -0.05) is 0 Å². The van der Waals surface area contributed by atoms with E-state index in [1.54, 1.807) is 37.4 Å². The van der Waals surface area contributed by atoms with E-state index >= 15 is 0 Å². The molecule has 0 unspecified atom stereocenters. The summed E-state index contributed by atoms with van der Waals surface area (Å²) >= 11 is 3.52. The molecule has 0 aliphatic carbocycles. The molecule has 1 N–H and O–H groups in total. The second kappa shape index (κ2) is 4.93. The predicted molar refractivity (Wildman–Crippen MR) is 86.1 cm³/mol. The molecule has 0 radical (unpaired) electrons. The maximum absolute atomic E-state index is 12.5. The van der Waals surface area contributed by atoms with Crippen LogP contribution in [0.5, 0.6) is 0 Å². The van der Waals surface area contributed by atoms with E-state index in [0.717, 1.165) is 17.1 Å². The number of rotatable bonds is 1. The fraction of sp³-hybridized carbons (Fsp3) is 0.500. The third-order valence-corrected chi connectivity index (χ3v) is 9.52. The summed E-state index contributed by atoms with van der Waals surface area (Å²) < 4.78 is 24.7. The highest BCUT2D eigenvalue weighted by molar-refractivity contribution is 8.20. The molecule has 1 fully saturated rings. The number of aromatic carboxylic acids is 1. The third-order valence-electron chi connectivity index (χ3n) is 4.10. The Morgan fingerprint density at radius 1 is 1.29 bits per heavy atom. The van der Waals surface area contributed by atoms with Gasteiger partial charge in [0, 0.05) is 17.1 Å². The lowest BCUT2D eigenvalue weighted by atomic mass is 9.95. The smallest absolute Gasteiger partial charge is 0.335 e. The number of carbonyl (C=O) groups is 1. The van der Waals surface area contributed by atoms with Crippen molar-refractivity contribution in [3.8, 4) is 0 Å². The Bertz CT molecular complexity index is 731. The van der Waals surface area contributed by atoms with E-state index in [0.29, 0.717) is 22.4 Å². The van der Waals surface area contributed by atoms with Gasteiger partial charge in [0.2, 0.25) is 0 Å². The first-order valence-electron chi connectivity index (χ1n) is 6.67. The van der Waals surface area contributed by atoms with Crippen molar-refractivity contribution in [3.63, 3.8) is 0 Å². The molecule has 1 aromatic rings. The van der Waals surface area contributed by atoms with Crippen LogP contribution in [-0.4, -0.2) is 36.8 Å². The van der Waals surface area contributed by atoms with Crippen molar-refractivity contribution in [2.45, 2.75) is 29.2 Å². The number of hydrogen-bond donors (Lipinski definition) is 1. The summed E-state index contributed by atoms with van der Waals surface area (Å²) in [6.07, 6.45) is 0.557. The Labute approximate surface area is 132 Å². The Kier molecular flexibility index (Phi) is 3.58. The van der Waals surface area contributed by atoms with Gasteiger partial charge in [-0.3, -0.25) is 0 Å². The van der Waals surface area contributed by atoms with Crippen molar-refractivity contribution in [1.29, 1.82) is 0 Å². The minimum Gasteiger partial charge on any atom is -0.478 e. The van der Waals surface area contributed by atoms with Crippen molar-refractivity contribution in [3.05, 3.63) is 28.3 Å². The van der Waals surface area contributed by atoms with Crippen LogP contribution < -0.4 is 0 Å². The number of carboxylic acids is 1. The zero-order valence-electron chi connectivity index (χ0n) is 11.8. The van der Waals surface area contributed by atoms with Gasteiger partial charge in [0.15, 0.2) is 9.84 Å². The largest absolute Gasteiger partial charge is 0.478 e. The molecular weight excluding hydrogens is 328 g/mol. The summed E-state index contributed by atoms with van der Waals surface area (Å²) in [5, 5.41) is 9.39. The molecule has 21 heavy (non-hydrogen) atoms. The van der Waals surface area contributed by atoms with E-state index in [-0.39, 0.29) is 15.4 Å². The lowest BCUT2D eigenvalue weighted by Gasteiger charge is -2.36. The number of aryl methyl sites for hydroxylation is 1. The van der Waals surface area contributed by atoms with Crippen molar-refractivity contribution < 1.29 is 18.3 Å². The highest BCUT2D eigenvalue weighted by Gasteiger charge is 2.47. The van der Waals surface area contributed by atoms with Gasteiger partial charge in [0.05, 0.1) is 20.3 Å². The topological polar surface area (TPSA) is 71.4 Å². The summed E-state index contributed by atoms with van der Waals surface area (Å²) in [5.41, 5.74) is 2.11. The summed E-state index contributed by atoms with van der Waals surface area (Å²) in [4.78, 5) is 11.8. The molecule has 114 valence electrons. The Hall–Kier alpha value is -0.660. The fourth-order valence-electron chi connectivity index (χ4n) is 3.21. The number of fused-ring (bicyclic) bond motifs is 2. The van der Waals surface area contributed by atoms with Gasteiger partial charge in [0.1, 0.15) is 0 Å². The lowest BCUT2D eigenvalue weighted by molar-refractivity contribution is 0.0695. The highest BCUT2D eigenvalue weighted by Crippen LogP contribution is 2.59. The van der Waals surface area contributed by atoms with E-state index in [4.69, 9.17) is 0 Å². The molecule has 0 atom stereocenters. The van der Waals surface area contributed by atoms with E-state index < -0.39 is 15.8 Å². The van der Waals surface area contributed by atoms with Crippen LogP contribution in [0.3, 0.4) is 0 Å². The van der Waals surface area contributed by atoms with Gasteiger partial charge >= 0.3 is 5.97 Å². The number of sulfone groups is 1. The number of carboxylic acid groups (broad SMARTS) is 1. The minimum absolute atomic E-state index is 0.146. The van der Waals surface area contributed by atoms with Gasteiger partial charge < -0.3 is 5.11 Å². The van der Waals surface area contributed by atoms with Crippen LogP contribution in [0, 0.1) is 13.8 Å². The van der Waals surface area contributed by atoms with Crippen LogP contribution in [0.15, 0.2) is 11.0 Å². The normalized spacial score (nSPS) is 22.2. The highest BCUT2D eigenvalue weighted by atomic mass is 32.2. The average molecular weight is 344 g/mol. The van der Waals surface area contributed by atoms with Crippen LogP contribution in [-0.2, 0) is 13.9 Å². The lowest BCUT2D eigenvalue weighted by Crippen LogP contribution is -2.31. The van der Waals surface area contributed by atoms with Crippen LogP contribution in [0.2, 0.25) is 0 Å². The van der Waals surface area contributed by atoms with Crippen LogP contribution >= 0.6 is 23.5 Å². The van der Waals surface area contributed by atoms with Gasteiger partial charge in [-0.2, -0.15) is 0 Å². The SMILES string of the molecule is Cc1cc(C(=O)O)c(C)c2c1S(=O)(=O)CCC21SCCS1.